The van der Waals surface area contributed by atoms with Gasteiger partial charge in [-0.05, 0) is 77.2 Å². The average Bonchev–Trinajstić information content (AvgIpc) is 2.67. The molecule has 1 fully saturated rings. The van der Waals surface area contributed by atoms with Gasteiger partial charge in [-0.1, -0.05) is 6.92 Å². The van der Waals surface area contributed by atoms with E-state index in [1.54, 1.807) is 0 Å². The number of sulfonamides is 1. The van der Waals surface area contributed by atoms with Gasteiger partial charge in [0.2, 0.25) is 10.0 Å². The first-order chi connectivity index (χ1) is 13.8. The van der Waals surface area contributed by atoms with Gasteiger partial charge in [0.15, 0.2) is 0 Å². The first-order valence-electron chi connectivity index (χ1n) is 10.5. The minimum Gasteiger partial charge on any atom is -0.378 e. The number of hydrogen-bond donors (Lipinski definition) is 0. The highest BCUT2D eigenvalue weighted by Crippen LogP contribution is 2.29. The van der Waals surface area contributed by atoms with E-state index >= 15 is 0 Å². The Morgan fingerprint density at radius 1 is 1.07 bits per heavy atom. The number of unbranched alkanes of at least 4 members (excludes halogenated alkanes) is 1. The predicted octanol–water partition coefficient (Wildman–Crippen LogP) is 4.04. The van der Waals surface area contributed by atoms with Crippen LogP contribution in [0.4, 0.5) is 8.78 Å². The summed E-state index contributed by atoms with van der Waals surface area (Å²) >= 11 is 0. The van der Waals surface area contributed by atoms with Gasteiger partial charge in [0.25, 0.3) is 0 Å². The van der Waals surface area contributed by atoms with E-state index in [9.17, 15) is 17.2 Å². The van der Waals surface area contributed by atoms with Gasteiger partial charge in [-0.2, -0.15) is 4.31 Å². The molecule has 8 heteroatoms. The van der Waals surface area contributed by atoms with E-state index in [0.717, 1.165) is 63.9 Å². The maximum Gasteiger partial charge on any atom is 0.245 e. The molecule has 5 nitrogen and oxygen atoms in total. The van der Waals surface area contributed by atoms with Gasteiger partial charge in [0.05, 0.1) is 6.10 Å². The van der Waals surface area contributed by atoms with Crippen molar-refractivity contribution in [1.82, 2.24) is 9.21 Å². The van der Waals surface area contributed by atoms with Crippen molar-refractivity contribution >= 4 is 10.0 Å². The summed E-state index contributed by atoms with van der Waals surface area (Å²) in [6.07, 6.45) is 6.35. The molecule has 1 aromatic rings. The molecular weight excluding hydrogens is 398 g/mol. The third kappa shape index (κ3) is 6.98. The molecule has 0 spiro atoms. The Kier molecular flexibility index (Phi) is 9.46. The summed E-state index contributed by atoms with van der Waals surface area (Å²) in [5, 5.41) is 0. The molecule has 0 atom stereocenters. The zero-order valence-corrected chi connectivity index (χ0v) is 18.6. The van der Waals surface area contributed by atoms with E-state index in [1.807, 2.05) is 0 Å². The van der Waals surface area contributed by atoms with Gasteiger partial charge in [-0.25, -0.2) is 17.2 Å². The van der Waals surface area contributed by atoms with Crippen LogP contribution in [0.3, 0.4) is 0 Å². The fourth-order valence-electron chi connectivity index (χ4n) is 3.84. The van der Waals surface area contributed by atoms with Crippen LogP contribution in [0.25, 0.3) is 0 Å². The van der Waals surface area contributed by atoms with Crippen LogP contribution >= 0.6 is 0 Å². The van der Waals surface area contributed by atoms with Crippen LogP contribution in [0.1, 0.15) is 51.9 Å². The second kappa shape index (κ2) is 11.3. The summed E-state index contributed by atoms with van der Waals surface area (Å²) in [6, 6.07) is 2.36. The summed E-state index contributed by atoms with van der Waals surface area (Å²) in [4.78, 5) is 1.85. The van der Waals surface area contributed by atoms with E-state index in [0.29, 0.717) is 18.9 Å². The number of benzene rings is 1. The normalized spacial score (nSPS) is 20.5. The van der Waals surface area contributed by atoms with Gasteiger partial charge in [0, 0.05) is 25.8 Å². The van der Waals surface area contributed by atoms with Crippen molar-refractivity contribution in [2.24, 2.45) is 0 Å². The molecule has 2 rings (SSSR count). The van der Waals surface area contributed by atoms with E-state index in [2.05, 4.69) is 18.9 Å². The molecule has 1 aliphatic carbocycles. The maximum atomic E-state index is 14.0. The molecule has 1 aromatic carbocycles. The third-order valence-electron chi connectivity index (χ3n) is 5.60. The lowest BCUT2D eigenvalue weighted by atomic mass is 9.93. The molecule has 0 aromatic heterocycles. The smallest absolute Gasteiger partial charge is 0.245 e. The lowest BCUT2D eigenvalue weighted by Crippen LogP contribution is -2.41. The third-order valence-corrected chi connectivity index (χ3v) is 7.55. The largest absolute Gasteiger partial charge is 0.378 e. The molecule has 1 saturated carbocycles. The lowest BCUT2D eigenvalue weighted by Gasteiger charge is -2.34. The van der Waals surface area contributed by atoms with E-state index in [4.69, 9.17) is 4.74 Å². The van der Waals surface area contributed by atoms with Crippen molar-refractivity contribution in [3.05, 3.63) is 29.8 Å². The zero-order valence-electron chi connectivity index (χ0n) is 17.7. The standard InChI is InChI=1S/C21H34F2N2O3S/c1-4-13-24(2)14-5-6-15-28-19-10-8-18(9-11-19)25(3)29(26,27)21-12-7-17(22)16-20(21)23/h7,12,16,18-19H,4-6,8-11,13-15H2,1-3H3/t18-,19-. The van der Waals surface area contributed by atoms with Crippen molar-refractivity contribution in [1.29, 1.82) is 0 Å². The molecule has 0 saturated heterocycles. The Morgan fingerprint density at radius 2 is 1.76 bits per heavy atom. The molecule has 0 unspecified atom stereocenters. The highest BCUT2D eigenvalue weighted by Gasteiger charge is 2.33. The van der Waals surface area contributed by atoms with Crippen molar-refractivity contribution < 1.29 is 21.9 Å². The highest BCUT2D eigenvalue weighted by molar-refractivity contribution is 7.89. The number of rotatable bonds is 11. The number of ether oxygens (including phenoxy) is 1. The van der Waals surface area contributed by atoms with Gasteiger partial charge >= 0.3 is 0 Å². The monoisotopic (exact) mass is 432 g/mol. The Hall–Kier alpha value is -1.09. The molecule has 0 heterocycles. The quantitative estimate of drug-likeness (QED) is 0.495. The van der Waals surface area contributed by atoms with Crippen molar-refractivity contribution in [2.45, 2.75) is 68.9 Å². The molecule has 29 heavy (non-hydrogen) atoms. The van der Waals surface area contributed by atoms with Crippen molar-refractivity contribution in [3.63, 3.8) is 0 Å². The summed E-state index contributed by atoms with van der Waals surface area (Å²) in [5.41, 5.74) is 0. The van der Waals surface area contributed by atoms with Crippen LogP contribution in [0.5, 0.6) is 0 Å². The first-order valence-corrected chi connectivity index (χ1v) is 11.9. The fourth-order valence-corrected chi connectivity index (χ4v) is 5.30. The second-order valence-corrected chi connectivity index (χ2v) is 9.87. The Bertz CT molecular complexity index is 737. The van der Waals surface area contributed by atoms with Gasteiger partial charge in [0.1, 0.15) is 16.5 Å². The molecule has 166 valence electrons. The second-order valence-electron chi connectivity index (χ2n) is 7.91. The van der Waals surface area contributed by atoms with Crippen LogP contribution in [0.2, 0.25) is 0 Å². The lowest BCUT2D eigenvalue weighted by molar-refractivity contribution is 0.0152. The topological polar surface area (TPSA) is 49.9 Å². The molecule has 0 amide bonds. The SMILES string of the molecule is CCCN(C)CCCCO[C@H]1CC[C@H](N(C)S(=O)(=O)c2ccc(F)cc2F)CC1. The van der Waals surface area contributed by atoms with E-state index in [-0.39, 0.29) is 12.1 Å². The maximum absolute atomic E-state index is 14.0. The van der Waals surface area contributed by atoms with Crippen LogP contribution in [0, 0.1) is 11.6 Å². The summed E-state index contributed by atoms with van der Waals surface area (Å²) < 4.78 is 59.7. The minimum absolute atomic E-state index is 0.151. The summed E-state index contributed by atoms with van der Waals surface area (Å²) in [6.45, 7) is 5.09. The number of nitrogens with zero attached hydrogens (tertiary/aromatic N) is 2. The average molecular weight is 433 g/mol. The fraction of sp³-hybridized carbons (Fsp3) is 0.714. The van der Waals surface area contributed by atoms with E-state index < -0.39 is 26.6 Å². The molecular formula is C21H34F2N2O3S. The van der Waals surface area contributed by atoms with Gasteiger partial charge in [-0.15, -0.1) is 0 Å². The zero-order chi connectivity index (χ0) is 21.4. The summed E-state index contributed by atoms with van der Waals surface area (Å²) in [5.74, 6) is -1.85. The van der Waals surface area contributed by atoms with Crippen LogP contribution in [0.15, 0.2) is 23.1 Å². The minimum atomic E-state index is -3.99. The first kappa shape index (κ1) is 24.2. The van der Waals surface area contributed by atoms with Crippen molar-refractivity contribution in [2.75, 3.05) is 33.8 Å². The Balaban J connectivity index is 1.77. The Labute approximate surface area is 174 Å². The Morgan fingerprint density at radius 3 is 2.38 bits per heavy atom. The number of hydrogen-bond acceptors (Lipinski definition) is 4. The van der Waals surface area contributed by atoms with Crippen LogP contribution in [-0.2, 0) is 14.8 Å². The molecule has 1 aliphatic rings. The highest BCUT2D eigenvalue weighted by atomic mass is 32.2. The molecule has 0 N–H and O–H groups in total. The molecule has 0 aliphatic heterocycles. The molecule has 0 radical (unpaired) electrons. The number of halogens is 2. The molecule has 0 bridgehead atoms. The van der Waals surface area contributed by atoms with Crippen molar-refractivity contribution in [3.8, 4) is 0 Å². The summed E-state index contributed by atoms with van der Waals surface area (Å²) in [7, 11) is -0.393. The van der Waals surface area contributed by atoms with Gasteiger partial charge in [-0.3, -0.25) is 0 Å². The van der Waals surface area contributed by atoms with E-state index in [1.165, 1.54) is 11.4 Å². The van der Waals surface area contributed by atoms with Crippen LogP contribution in [-0.4, -0.2) is 63.6 Å². The van der Waals surface area contributed by atoms with Gasteiger partial charge < -0.3 is 9.64 Å². The van der Waals surface area contributed by atoms with Crippen LogP contribution < -0.4 is 0 Å². The predicted molar refractivity (Wildman–Crippen MR) is 110 cm³/mol.